The number of oxime groups is 1. The molecule has 0 atom stereocenters. The van der Waals surface area contributed by atoms with Crippen LogP contribution in [0.4, 0.5) is 4.79 Å². The molecule has 0 unspecified atom stereocenters. The van der Waals surface area contributed by atoms with Crippen LogP contribution in [-0.2, 0) is 0 Å². The maximum atomic E-state index is 11.7. The van der Waals surface area contributed by atoms with Crippen molar-refractivity contribution in [1.29, 1.82) is 0 Å². The number of nitrogens with two attached hydrogens (primary N) is 1. The summed E-state index contributed by atoms with van der Waals surface area (Å²) in [5.74, 6) is 0.314. The summed E-state index contributed by atoms with van der Waals surface area (Å²) >= 11 is 0. The Kier molecular flexibility index (Phi) is 4.86. The Morgan fingerprint density at radius 3 is 1.93 bits per heavy atom. The lowest BCUT2D eigenvalue weighted by Crippen LogP contribution is -2.43. The number of benzene rings is 4. The van der Waals surface area contributed by atoms with E-state index in [-0.39, 0.29) is 0 Å². The molecule has 144 valence electrons. The number of hydrogen-bond acceptors (Lipinski definition) is 4. The molecule has 1 amide bonds. The molecule has 0 fully saturated rings. The lowest BCUT2D eigenvalue weighted by atomic mass is 10.1. The van der Waals surface area contributed by atoms with Crippen molar-refractivity contribution in [2.24, 2.45) is 10.9 Å². The highest BCUT2D eigenvalue weighted by Crippen LogP contribution is 2.27. The molecule has 7 nitrogen and oxygen atoms in total. The molecule has 0 aliphatic heterocycles. The van der Waals surface area contributed by atoms with E-state index in [0.717, 1.165) is 21.5 Å². The van der Waals surface area contributed by atoms with E-state index in [1.54, 1.807) is 18.2 Å². The third-order valence-corrected chi connectivity index (χ3v) is 4.31. The molecule has 4 aromatic carbocycles. The first kappa shape index (κ1) is 18.1. The van der Waals surface area contributed by atoms with Gasteiger partial charge in [0.05, 0.1) is 0 Å². The number of carboxylic acid groups (broad SMARTS) is 1. The van der Waals surface area contributed by atoms with Gasteiger partial charge in [0.25, 0.3) is 5.96 Å². The molecule has 29 heavy (non-hydrogen) atoms. The number of nitrogens with zero attached hydrogens (tertiary/aromatic N) is 2. The van der Waals surface area contributed by atoms with E-state index >= 15 is 0 Å². The van der Waals surface area contributed by atoms with Crippen LogP contribution in [0.25, 0.3) is 21.5 Å². The quantitative estimate of drug-likeness (QED) is 0.304. The average Bonchev–Trinajstić information content (AvgIpc) is 2.75. The van der Waals surface area contributed by atoms with Gasteiger partial charge in [0.15, 0.2) is 11.5 Å². The van der Waals surface area contributed by atoms with Crippen molar-refractivity contribution in [3.63, 3.8) is 0 Å². The molecule has 0 saturated heterocycles. The van der Waals surface area contributed by atoms with E-state index in [1.807, 2.05) is 66.7 Å². The highest BCUT2D eigenvalue weighted by Gasteiger charge is 2.21. The van der Waals surface area contributed by atoms with E-state index < -0.39 is 12.1 Å². The molecular formula is C22H17N3O4. The third-order valence-electron chi connectivity index (χ3n) is 4.31. The summed E-state index contributed by atoms with van der Waals surface area (Å²) in [6.45, 7) is 0. The number of amides is 1. The highest BCUT2D eigenvalue weighted by molar-refractivity contribution is 5.93. The lowest BCUT2D eigenvalue weighted by Gasteiger charge is -2.18. The predicted molar refractivity (Wildman–Crippen MR) is 111 cm³/mol. The van der Waals surface area contributed by atoms with Gasteiger partial charge in [0, 0.05) is 10.8 Å². The van der Waals surface area contributed by atoms with Crippen LogP contribution in [0.3, 0.4) is 0 Å². The molecule has 0 radical (unpaired) electrons. The van der Waals surface area contributed by atoms with Gasteiger partial charge in [-0.1, -0.05) is 77.9 Å². The summed E-state index contributed by atoms with van der Waals surface area (Å²) in [6.07, 6.45) is -1.43. The topological polar surface area (TPSA) is 97.4 Å². The maximum absolute atomic E-state index is 11.7. The molecule has 0 bridgehead atoms. The van der Waals surface area contributed by atoms with Crippen LogP contribution in [-0.4, -0.2) is 22.2 Å². The van der Waals surface area contributed by atoms with Gasteiger partial charge in [-0.2, -0.15) is 0 Å². The normalized spacial score (nSPS) is 11.4. The molecule has 3 N–H and O–H groups in total. The average molecular weight is 387 g/mol. The molecule has 0 aromatic heterocycles. The minimum Gasteiger partial charge on any atom is -0.462 e. The zero-order valence-electron chi connectivity index (χ0n) is 15.2. The van der Waals surface area contributed by atoms with Gasteiger partial charge in [0.1, 0.15) is 0 Å². The van der Waals surface area contributed by atoms with Gasteiger partial charge in [0.2, 0.25) is 0 Å². The van der Waals surface area contributed by atoms with Crippen molar-refractivity contribution in [1.82, 2.24) is 5.06 Å². The van der Waals surface area contributed by atoms with Gasteiger partial charge in [-0.15, -0.1) is 0 Å². The molecular weight excluding hydrogens is 370 g/mol. The van der Waals surface area contributed by atoms with E-state index in [1.165, 1.54) is 0 Å². The van der Waals surface area contributed by atoms with E-state index in [4.69, 9.17) is 15.4 Å². The Hall–Kier alpha value is -4.26. The predicted octanol–water partition coefficient (Wildman–Crippen LogP) is 4.58. The summed E-state index contributed by atoms with van der Waals surface area (Å²) in [6, 6.07) is 25.8. The van der Waals surface area contributed by atoms with Gasteiger partial charge >= 0.3 is 6.09 Å². The Balaban J connectivity index is 1.62. The second-order valence-electron chi connectivity index (χ2n) is 6.16. The number of hydroxylamine groups is 2. The zero-order chi connectivity index (χ0) is 20.2. The first-order valence-corrected chi connectivity index (χ1v) is 8.80. The fourth-order valence-electron chi connectivity index (χ4n) is 2.97. The van der Waals surface area contributed by atoms with E-state index in [9.17, 15) is 9.90 Å². The van der Waals surface area contributed by atoms with Crippen molar-refractivity contribution in [3.8, 4) is 11.5 Å². The van der Waals surface area contributed by atoms with Gasteiger partial charge in [-0.3, -0.25) is 0 Å². The van der Waals surface area contributed by atoms with E-state index in [0.29, 0.717) is 16.6 Å². The maximum Gasteiger partial charge on any atom is 0.448 e. The molecule has 4 aromatic rings. The van der Waals surface area contributed by atoms with Crippen LogP contribution < -0.4 is 15.4 Å². The number of fused-ring (bicyclic) bond motifs is 2. The molecule has 0 heterocycles. The minimum atomic E-state index is -1.43. The third kappa shape index (κ3) is 3.74. The fraction of sp³-hybridized carbons (Fsp3) is 0. The molecule has 0 aliphatic rings. The SMILES string of the molecule is NC(=NOc1cccc2ccccc12)N(Oc1cccc2ccccc12)C(=O)O. The Morgan fingerprint density at radius 1 is 0.793 bits per heavy atom. The molecule has 0 saturated carbocycles. The van der Waals surface area contributed by atoms with Crippen LogP contribution in [0, 0.1) is 0 Å². The smallest absolute Gasteiger partial charge is 0.448 e. The number of carbonyl (C=O) groups is 1. The van der Waals surface area contributed by atoms with Gasteiger partial charge in [-0.05, 0) is 28.1 Å². The van der Waals surface area contributed by atoms with Crippen LogP contribution in [0.15, 0.2) is 90.1 Å². The lowest BCUT2D eigenvalue weighted by molar-refractivity contribution is 0.0241. The van der Waals surface area contributed by atoms with Crippen LogP contribution in [0.5, 0.6) is 11.5 Å². The first-order valence-electron chi connectivity index (χ1n) is 8.80. The summed E-state index contributed by atoms with van der Waals surface area (Å²) in [5.41, 5.74) is 5.85. The second-order valence-corrected chi connectivity index (χ2v) is 6.16. The van der Waals surface area contributed by atoms with Crippen molar-refractivity contribution >= 4 is 33.6 Å². The molecule has 7 heteroatoms. The van der Waals surface area contributed by atoms with Gasteiger partial charge < -0.3 is 20.5 Å². The first-order chi connectivity index (χ1) is 14.1. The summed E-state index contributed by atoms with van der Waals surface area (Å²) in [5, 5.41) is 17.2. The monoisotopic (exact) mass is 387 g/mol. The van der Waals surface area contributed by atoms with Crippen LogP contribution in [0.2, 0.25) is 0 Å². The van der Waals surface area contributed by atoms with Crippen molar-refractivity contribution in [3.05, 3.63) is 84.9 Å². The summed E-state index contributed by atoms with van der Waals surface area (Å²) in [7, 11) is 0. The molecule has 0 spiro atoms. The minimum absolute atomic E-state index is 0.328. The number of hydrogen-bond donors (Lipinski definition) is 2. The molecule has 4 rings (SSSR count). The van der Waals surface area contributed by atoms with Crippen LogP contribution in [0.1, 0.15) is 0 Å². The number of rotatable bonds is 4. The fourth-order valence-corrected chi connectivity index (χ4v) is 2.97. The van der Waals surface area contributed by atoms with Crippen molar-refractivity contribution in [2.75, 3.05) is 0 Å². The molecule has 0 aliphatic carbocycles. The summed E-state index contributed by atoms with van der Waals surface area (Å²) < 4.78 is 0. The van der Waals surface area contributed by atoms with Crippen molar-refractivity contribution < 1.29 is 19.6 Å². The van der Waals surface area contributed by atoms with Crippen LogP contribution >= 0.6 is 0 Å². The largest absolute Gasteiger partial charge is 0.462 e. The zero-order valence-corrected chi connectivity index (χ0v) is 15.2. The summed E-state index contributed by atoms with van der Waals surface area (Å²) in [4.78, 5) is 22.6. The Morgan fingerprint density at radius 2 is 1.31 bits per heavy atom. The van der Waals surface area contributed by atoms with Gasteiger partial charge in [-0.25, -0.2) is 4.79 Å². The standard InChI is InChI=1S/C22H17N3O4/c23-21(24-28-19-13-5-9-15-7-1-3-11-17(15)19)25(22(26)27)29-20-14-6-10-16-8-2-4-12-18(16)20/h1-14H,(H2,23,24)(H,26,27). The second kappa shape index (κ2) is 7.77. The Bertz CT molecular complexity index is 1210. The Labute approximate surface area is 166 Å². The highest BCUT2D eigenvalue weighted by atomic mass is 16.7. The number of guanidine groups is 1. The van der Waals surface area contributed by atoms with E-state index in [2.05, 4.69) is 5.16 Å². The van der Waals surface area contributed by atoms with Crippen molar-refractivity contribution in [2.45, 2.75) is 0 Å².